The molecule has 2 fully saturated rings. The second-order valence-corrected chi connectivity index (χ2v) is 5.46. The minimum Gasteiger partial charge on any atom is -0.371 e. The van der Waals surface area contributed by atoms with Crippen molar-refractivity contribution >= 4 is 11.6 Å². The molecular weight excluding hydrogens is 224 g/mol. The van der Waals surface area contributed by atoms with Crippen molar-refractivity contribution in [3.63, 3.8) is 0 Å². The Kier molecular flexibility index (Phi) is 3.22. The highest BCUT2D eigenvalue weighted by Crippen LogP contribution is 2.29. The van der Waals surface area contributed by atoms with Gasteiger partial charge in [0.1, 0.15) is 0 Å². The maximum Gasteiger partial charge on any atom is 0.223 e. The average Bonchev–Trinajstić information content (AvgIpc) is 3.16. The molecule has 0 radical (unpaired) electrons. The third-order valence-electron chi connectivity index (χ3n) is 3.92. The van der Waals surface area contributed by atoms with Crippen LogP contribution in [0.3, 0.4) is 0 Å². The predicted molar refractivity (Wildman–Crippen MR) is 72.5 cm³/mol. The fraction of sp³-hybridized carbons (Fsp3) is 0.533. The minimum atomic E-state index is 0.271. The van der Waals surface area contributed by atoms with Crippen LogP contribution in [0.25, 0.3) is 0 Å². The van der Waals surface area contributed by atoms with Gasteiger partial charge in [0.05, 0.1) is 0 Å². The summed E-state index contributed by atoms with van der Waals surface area (Å²) in [5.41, 5.74) is 1.30. The molecule has 1 N–H and O–H groups in total. The molecule has 1 amide bonds. The third-order valence-corrected chi connectivity index (χ3v) is 3.92. The standard InChI is InChI=1S/C15H20N2O/c18-15(13-6-7-13)16-10-12-8-9-17(11-12)14-4-2-1-3-5-14/h1-5,12-13H,6-11H2,(H,16,18)/t12-/m1/s1. The first-order chi connectivity index (χ1) is 8.83. The number of benzene rings is 1. The van der Waals surface area contributed by atoms with Crippen LogP contribution >= 0.6 is 0 Å². The molecule has 0 bridgehead atoms. The van der Waals surface area contributed by atoms with E-state index < -0.39 is 0 Å². The number of para-hydroxylation sites is 1. The van der Waals surface area contributed by atoms with Gasteiger partial charge < -0.3 is 10.2 Å². The lowest BCUT2D eigenvalue weighted by Crippen LogP contribution is -2.31. The van der Waals surface area contributed by atoms with Gasteiger partial charge in [-0.3, -0.25) is 4.79 Å². The lowest BCUT2D eigenvalue weighted by atomic mass is 10.1. The largest absolute Gasteiger partial charge is 0.371 e. The van der Waals surface area contributed by atoms with Crippen molar-refractivity contribution in [2.45, 2.75) is 19.3 Å². The molecule has 1 saturated heterocycles. The zero-order valence-corrected chi connectivity index (χ0v) is 10.6. The SMILES string of the molecule is O=C(NC[C@H]1CCN(c2ccccc2)C1)C1CC1. The number of hydrogen-bond donors (Lipinski definition) is 1. The first kappa shape index (κ1) is 11.6. The monoisotopic (exact) mass is 244 g/mol. The molecule has 1 aliphatic heterocycles. The summed E-state index contributed by atoms with van der Waals surface area (Å²) in [5, 5.41) is 3.09. The van der Waals surface area contributed by atoms with E-state index in [1.165, 1.54) is 12.1 Å². The first-order valence-electron chi connectivity index (χ1n) is 6.90. The van der Waals surface area contributed by atoms with Crippen molar-refractivity contribution < 1.29 is 4.79 Å². The second-order valence-electron chi connectivity index (χ2n) is 5.46. The summed E-state index contributed by atoms with van der Waals surface area (Å²) in [6.45, 7) is 3.02. The fourth-order valence-corrected chi connectivity index (χ4v) is 2.61. The molecule has 0 unspecified atom stereocenters. The predicted octanol–water partition coefficient (Wildman–Crippen LogP) is 2.04. The number of hydrogen-bond acceptors (Lipinski definition) is 2. The van der Waals surface area contributed by atoms with Crippen LogP contribution in [-0.2, 0) is 4.79 Å². The summed E-state index contributed by atoms with van der Waals surface area (Å²) in [7, 11) is 0. The molecule has 1 saturated carbocycles. The molecule has 2 aliphatic rings. The van der Waals surface area contributed by atoms with Gasteiger partial charge in [-0.25, -0.2) is 0 Å². The van der Waals surface area contributed by atoms with Gasteiger partial charge in [-0.15, -0.1) is 0 Å². The highest BCUT2D eigenvalue weighted by atomic mass is 16.2. The van der Waals surface area contributed by atoms with Gasteiger partial charge in [-0.05, 0) is 37.3 Å². The van der Waals surface area contributed by atoms with Gasteiger partial charge in [0, 0.05) is 31.2 Å². The van der Waals surface area contributed by atoms with Gasteiger partial charge in [0.15, 0.2) is 0 Å². The highest BCUT2D eigenvalue weighted by Gasteiger charge is 2.30. The highest BCUT2D eigenvalue weighted by molar-refractivity contribution is 5.80. The summed E-state index contributed by atoms with van der Waals surface area (Å²) in [4.78, 5) is 14.0. The molecular formula is C15H20N2O. The van der Waals surface area contributed by atoms with Crippen LogP contribution in [0.2, 0.25) is 0 Å². The van der Waals surface area contributed by atoms with Crippen LogP contribution in [0, 0.1) is 11.8 Å². The van der Waals surface area contributed by atoms with Crippen LogP contribution in [-0.4, -0.2) is 25.5 Å². The Bertz CT molecular complexity index is 414. The number of amides is 1. The molecule has 1 heterocycles. The molecule has 96 valence electrons. The molecule has 0 spiro atoms. The maximum atomic E-state index is 11.6. The molecule has 1 aromatic rings. The van der Waals surface area contributed by atoms with Crippen LogP contribution in [0.5, 0.6) is 0 Å². The Morgan fingerprint density at radius 2 is 2.00 bits per heavy atom. The fourth-order valence-electron chi connectivity index (χ4n) is 2.61. The molecule has 0 aromatic heterocycles. The van der Waals surface area contributed by atoms with E-state index >= 15 is 0 Å². The summed E-state index contributed by atoms with van der Waals surface area (Å²) in [6, 6.07) is 10.5. The van der Waals surface area contributed by atoms with Crippen molar-refractivity contribution in [3.05, 3.63) is 30.3 Å². The van der Waals surface area contributed by atoms with Crippen molar-refractivity contribution in [1.82, 2.24) is 5.32 Å². The van der Waals surface area contributed by atoms with Crippen LogP contribution in [0.15, 0.2) is 30.3 Å². The summed E-state index contributed by atoms with van der Waals surface area (Å²) >= 11 is 0. The topological polar surface area (TPSA) is 32.3 Å². The zero-order valence-electron chi connectivity index (χ0n) is 10.6. The van der Waals surface area contributed by atoms with E-state index in [1.807, 2.05) is 6.07 Å². The Labute approximate surface area is 108 Å². The lowest BCUT2D eigenvalue weighted by molar-refractivity contribution is -0.122. The number of nitrogens with one attached hydrogen (secondary N) is 1. The van der Waals surface area contributed by atoms with E-state index in [0.717, 1.165) is 32.5 Å². The second kappa shape index (κ2) is 5.01. The molecule has 18 heavy (non-hydrogen) atoms. The Balaban J connectivity index is 1.48. The molecule has 3 nitrogen and oxygen atoms in total. The van der Waals surface area contributed by atoms with Crippen molar-refractivity contribution in [1.29, 1.82) is 0 Å². The smallest absolute Gasteiger partial charge is 0.223 e. The Morgan fingerprint density at radius 1 is 1.22 bits per heavy atom. The first-order valence-corrected chi connectivity index (χ1v) is 6.90. The van der Waals surface area contributed by atoms with E-state index in [1.54, 1.807) is 0 Å². The van der Waals surface area contributed by atoms with Crippen molar-refractivity contribution in [2.24, 2.45) is 11.8 Å². The van der Waals surface area contributed by atoms with E-state index in [-0.39, 0.29) is 5.91 Å². The van der Waals surface area contributed by atoms with Gasteiger partial charge in [-0.1, -0.05) is 18.2 Å². The third kappa shape index (κ3) is 2.66. The van der Waals surface area contributed by atoms with Gasteiger partial charge in [0.25, 0.3) is 0 Å². The summed E-state index contributed by atoms with van der Waals surface area (Å²) < 4.78 is 0. The van der Waals surface area contributed by atoms with E-state index in [4.69, 9.17) is 0 Å². The maximum absolute atomic E-state index is 11.6. The van der Waals surface area contributed by atoms with E-state index in [9.17, 15) is 4.79 Å². The number of anilines is 1. The van der Waals surface area contributed by atoms with Crippen LogP contribution in [0.1, 0.15) is 19.3 Å². The lowest BCUT2D eigenvalue weighted by Gasteiger charge is -2.18. The van der Waals surface area contributed by atoms with E-state index in [2.05, 4.69) is 34.5 Å². The van der Waals surface area contributed by atoms with Gasteiger partial charge >= 0.3 is 0 Å². The number of carbonyl (C=O) groups is 1. The molecule has 1 aliphatic carbocycles. The Morgan fingerprint density at radius 3 is 2.72 bits per heavy atom. The van der Waals surface area contributed by atoms with Gasteiger partial charge in [-0.2, -0.15) is 0 Å². The molecule has 1 atom stereocenters. The van der Waals surface area contributed by atoms with Crippen LogP contribution in [0.4, 0.5) is 5.69 Å². The average molecular weight is 244 g/mol. The molecule has 1 aromatic carbocycles. The van der Waals surface area contributed by atoms with Crippen molar-refractivity contribution in [2.75, 3.05) is 24.5 Å². The molecule has 3 heteroatoms. The number of rotatable bonds is 4. The number of carbonyl (C=O) groups excluding carboxylic acids is 1. The van der Waals surface area contributed by atoms with Gasteiger partial charge in [0.2, 0.25) is 5.91 Å². The normalized spacial score (nSPS) is 23.1. The molecule has 3 rings (SSSR count). The Hall–Kier alpha value is -1.51. The quantitative estimate of drug-likeness (QED) is 0.879. The number of nitrogens with zero attached hydrogens (tertiary/aromatic N) is 1. The zero-order chi connectivity index (χ0) is 12.4. The van der Waals surface area contributed by atoms with E-state index in [0.29, 0.717) is 11.8 Å². The minimum absolute atomic E-state index is 0.271. The van der Waals surface area contributed by atoms with Crippen molar-refractivity contribution in [3.8, 4) is 0 Å². The summed E-state index contributed by atoms with van der Waals surface area (Å²) in [5.74, 6) is 1.21. The summed E-state index contributed by atoms with van der Waals surface area (Å²) in [6.07, 6.45) is 3.36. The van der Waals surface area contributed by atoms with Crippen LogP contribution < -0.4 is 10.2 Å².